The number of benzene rings is 1. The van der Waals surface area contributed by atoms with Crippen molar-refractivity contribution in [1.82, 2.24) is 19.7 Å². The van der Waals surface area contributed by atoms with E-state index in [2.05, 4.69) is 4.98 Å². The molecule has 145 valence electrons. The van der Waals surface area contributed by atoms with Gasteiger partial charge in [-0.2, -0.15) is 0 Å². The van der Waals surface area contributed by atoms with Gasteiger partial charge in [0.2, 0.25) is 11.6 Å². The van der Waals surface area contributed by atoms with Gasteiger partial charge < -0.3 is 19.8 Å². The van der Waals surface area contributed by atoms with Gasteiger partial charge in [0.25, 0.3) is 0 Å². The molecular weight excluding hydrogens is 471 g/mol. The van der Waals surface area contributed by atoms with Crippen LogP contribution in [0.3, 0.4) is 0 Å². The zero-order valence-corrected chi connectivity index (χ0v) is 19.2. The molecule has 7 nitrogen and oxygen atoms in total. The van der Waals surface area contributed by atoms with E-state index in [1.807, 2.05) is 32.9 Å². The number of hydrogen-bond donors (Lipinski definition) is 1. The first-order valence-corrected chi connectivity index (χ1v) is 9.46. The van der Waals surface area contributed by atoms with Gasteiger partial charge >= 0.3 is 0 Å². The molecule has 6 rings (SSSR count). The minimum atomic E-state index is 0. The Morgan fingerprint density at radius 3 is 2.07 bits per heavy atom. The molecule has 1 aliphatic carbocycles. The summed E-state index contributed by atoms with van der Waals surface area (Å²) >= 11 is 0. The quantitative estimate of drug-likeness (QED) is 0.502. The van der Waals surface area contributed by atoms with Crippen LogP contribution in [0.1, 0.15) is 0 Å². The van der Waals surface area contributed by atoms with Gasteiger partial charge in [0.05, 0.1) is 5.70 Å². The summed E-state index contributed by atoms with van der Waals surface area (Å²) < 4.78 is 0. The van der Waals surface area contributed by atoms with Crippen LogP contribution >= 0.6 is 0 Å². The first kappa shape index (κ1) is 19.8. The Hall–Kier alpha value is -2.48. The number of hydrogen-bond acceptors (Lipinski definition) is 7. The number of rotatable bonds is 3. The second-order valence-electron chi connectivity index (χ2n) is 7.23. The fourth-order valence-corrected chi connectivity index (χ4v) is 3.36. The average molecular weight is 491 g/mol. The molecule has 0 spiro atoms. The van der Waals surface area contributed by atoms with E-state index >= 15 is 0 Å². The van der Waals surface area contributed by atoms with Crippen molar-refractivity contribution in [3.63, 3.8) is 0 Å². The number of nitrogens with zero attached hydrogens (tertiary/aromatic N) is 4. The van der Waals surface area contributed by atoms with E-state index < -0.39 is 0 Å². The Balaban J connectivity index is 0.000000149. The van der Waals surface area contributed by atoms with Gasteiger partial charge in [-0.15, -0.1) is 0 Å². The molecule has 29 heavy (non-hydrogen) atoms. The van der Waals surface area contributed by atoms with Gasteiger partial charge in [0, 0.05) is 82.8 Å². The molecule has 3 saturated heterocycles. The molecule has 8 heteroatoms. The minimum Gasteiger partial charge on any atom is -0.506 e. The number of pyridine rings is 1. The van der Waals surface area contributed by atoms with Crippen molar-refractivity contribution in [3.8, 4) is 5.75 Å². The Kier molecular flexibility index (Phi) is 5.29. The van der Waals surface area contributed by atoms with Gasteiger partial charge in [-0.3, -0.25) is 14.6 Å². The smallest absolute Gasteiger partial charge is 0.227 e. The van der Waals surface area contributed by atoms with E-state index in [0.717, 1.165) is 44.7 Å². The molecule has 3 radical (unpaired) electrons. The Morgan fingerprint density at radius 2 is 1.45 bits per heavy atom. The zero-order valence-electron chi connectivity index (χ0n) is 15.9. The molecule has 0 saturated carbocycles. The third-order valence-electron chi connectivity index (χ3n) is 5.10. The van der Waals surface area contributed by atoms with Crippen molar-refractivity contribution in [2.24, 2.45) is 0 Å². The van der Waals surface area contributed by atoms with E-state index in [1.54, 1.807) is 18.3 Å². The number of phenols is 1. The molecule has 1 aromatic carbocycles. The summed E-state index contributed by atoms with van der Waals surface area (Å²) in [6.45, 7) is 5.41. The molecule has 4 aliphatic rings. The zero-order chi connectivity index (χ0) is 19.3. The molecule has 4 heterocycles. The van der Waals surface area contributed by atoms with Crippen LogP contribution in [-0.4, -0.2) is 101 Å². The van der Waals surface area contributed by atoms with E-state index in [4.69, 9.17) is 0 Å². The first-order chi connectivity index (χ1) is 13.6. The summed E-state index contributed by atoms with van der Waals surface area (Å²) in [5.74, 6) is 0.288. The average Bonchev–Trinajstić information content (AvgIpc) is 3.57. The number of carbonyl (C=O) groups excluding carboxylic acids is 2. The van der Waals surface area contributed by atoms with Crippen LogP contribution in [0.2, 0.25) is 0 Å². The third-order valence-corrected chi connectivity index (χ3v) is 5.10. The summed E-state index contributed by atoms with van der Waals surface area (Å²) in [6.07, 6.45) is 3.19. The molecule has 3 aliphatic heterocycles. The Bertz CT molecular complexity index is 1050. The fraction of sp³-hybridized carbons (Fsp3) is 0.286. The number of allylic oxidation sites excluding steroid dienone is 1. The van der Waals surface area contributed by atoms with Crippen molar-refractivity contribution in [1.29, 1.82) is 0 Å². The predicted octanol–water partition coefficient (Wildman–Crippen LogP) is 0.740. The molecular formula is C21H20InN4O3. The number of aromatic hydroxyl groups is 1. The molecule has 0 unspecified atom stereocenters. The number of para-hydroxylation sites is 1. The number of aromatic nitrogens is 1. The second kappa shape index (κ2) is 7.74. The molecule has 2 aromatic rings. The first-order valence-electron chi connectivity index (χ1n) is 9.46. The predicted molar refractivity (Wildman–Crippen MR) is 109 cm³/mol. The number of fused-ring (bicyclic) bond motifs is 1. The molecule has 0 bridgehead atoms. The Labute approximate surface area is 187 Å². The van der Waals surface area contributed by atoms with Crippen LogP contribution in [-0.2, 0) is 9.59 Å². The van der Waals surface area contributed by atoms with Gasteiger partial charge in [-0.05, 0) is 12.1 Å². The van der Waals surface area contributed by atoms with Crippen molar-refractivity contribution in [2.45, 2.75) is 0 Å². The monoisotopic (exact) mass is 491 g/mol. The molecule has 0 atom stereocenters. The van der Waals surface area contributed by atoms with E-state index in [0.29, 0.717) is 22.6 Å². The van der Waals surface area contributed by atoms with Crippen molar-refractivity contribution < 1.29 is 14.7 Å². The standard InChI is InChI=1S/C12H13N3O2.C9H7NO.In/c16-9-7-8(13-1-2-13)12(17)11(15-5-6-15)10(9)14-3-4-14;11-8-5-1-3-7-4-2-6-10-9(7)8;/h7H,1-6H2;1-6,11H;. The molecule has 1 aromatic heterocycles. The largest absolute Gasteiger partial charge is 0.506 e. The maximum Gasteiger partial charge on any atom is 0.227 e. The summed E-state index contributed by atoms with van der Waals surface area (Å²) in [7, 11) is 0. The summed E-state index contributed by atoms with van der Waals surface area (Å²) in [4.78, 5) is 34.5. The normalized spacial score (nSPS) is 19.4. The van der Waals surface area contributed by atoms with Gasteiger partial charge in [0.1, 0.15) is 22.7 Å². The van der Waals surface area contributed by atoms with Crippen LogP contribution in [0.4, 0.5) is 0 Å². The second-order valence-corrected chi connectivity index (χ2v) is 7.23. The minimum absolute atomic E-state index is 0. The van der Waals surface area contributed by atoms with Crippen molar-refractivity contribution in [3.05, 3.63) is 59.7 Å². The van der Waals surface area contributed by atoms with Gasteiger partial charge in [0.15, 0.2) is 0 Å². The third kappa shape index (κ3) is 3.99. The van der Waals surface area contributed by atoms with Crippen molar-refractivity contribution in [2.75, 3.05) is 39.3 Å². The van der Waals surface area contributed by atoms with E-state index in [-0.39, 0.29) is 43.2 Å². The topological polar surface area (TPSA) is 76.3 Å². The number of phenolic OH excluding ortho intramolecular Hbond substituents is 1. The van der Waals surface area contributed by atoms with E-state index in [1.165, 1.54) is 6.08 Å². The number of carbonyl (C=O) groups is 2. The van der Waals surface area contributed by atoms with Gasteiger partial charge in [-0.1, -0.05) is 18.2 Å². The van der Waals surface area contributed by atoms with E-state index in [9.17, 15) is 14.7 Å². The summed E-state index contributed by atoms with van der Waals surface area (Å²) in [5.41, 5.74) is 2.55. The maximum atomic E-state index is 12.4. The van der Waals surface area contributed by atoms with Crippen molar-refractivity contribution >= 4 is 48.3 Å². The summed E-state index contributed by atoms with van der Waals surface area (Å²) in [6, 6.07) is 9.13. The number of Topliss-reactive ketones (excluding diaryl/α,β-unsaturated/α-hetero) is 1. The molecule has 1 N–H and O–H groups in total. The fourth-order valence-electron chi connectivity index (χ4n) is 3.36. The number of ketones is 2. The summed E-state index contributed by atoms with van der Waals surface area (Å²) in [5, 5.41) is 10.3. The van der Waals surface area contributed by atoms with Crippen LogP contribution < -0.4 is 0 Å². The molecule has 0 amide bonds. The SMILES string of the molecule is O=C1C=C(N2CC2)C(=O)C(N2CC2)=C1N1CC1.Oc1cccc2cccnc12.[In]. The van der Waals surface area contributed by atoms with Crippen LogP contribution in [0, 0.1) is 0 Å². The van der Waals surface area contributed by atoms with Crippen LogP contribution in [0.15, 0.2) is 59.7 Å². The Morgan fingerprint density at radius 1 is 0.828 bits per heavy atom. The molecule has 3 fully saturated rings. The van der Waals surface area contributed by atoms with Gasteiger partial charge in [-0.25, -0.2) is 0 Å². The maximum absolute atomic E-state index is 12.4. The van der Waals surface area contributed by atoms with Crippen LogP contribution in [0.25, 0.3) is 10.9 Å². The van der Waals surface area contributed by atoms with Crippen LogP contribution in [0.5, 0.6) is 5.75 Å².